The van der Waals surface area contributed by atoms with E-state index in [0.717, 1.165) is 38.5 Å². The molecule has 156 valence electrons. The van der Waals surface area contributed by atoms with Gasteiger partial charge in [-0.3, -0.25) is 14.4 Å². The topological polar surface area (TPSA) is 69.7 Å². The van der Waals surface area contributed by atoms with E-state index in [-0.39, 0.29) is 35.6 Å². The molecule has 3 amide bonds. The summed E-state index contributed by atoms with van der Waals surface area (Å²) in [5.74, 6) is 0.560. The highest BCUT2D eigenvalue weighted by Gasteiger charge is 2.40. The maximum absolute atomic E-state index is 12.9. The van der Waals surface area contributed by atoms with Crippen LogP contribution >= 0.6 is 0 Å². The summed E-state index contributed by atoms with van der Waals surface area (Å²) < 4.78 is 0. The molecule has 0 aromatic carbocycles. The number of hydrogen-bond donors (Lipinski definition) is 1. The fourth-order valence-electron chi connectivity index (χ4n) is 5.65. The summed E-state index contributed by atoms with van der Waals surface area (Å²) in [7, 11) is 0. The van der Waals surface area contributed by atoms with Gasteiger partial charge in [-0.05, 0) is 38.5 Å². The van der Waals surface area contributed by atoms with Crippen LogP contribution in [-0.4, -0.2) is 59.2 Å². The van der Waals surface area contributed by atoms with Gasteiger partial charge in [-0.2, -0.15) is 0 Å². The zero-order valence-corrected chi connectivity index (χ0v) is 17.0. The van der Waals surface area contributed by atoms with Crippen molar-refractivity contribution in [3.63, 3.8) is 0 Å². The molecule has 0 bridgehead atoms. The lowest BCUT2D eigenvalue weighted by Crippen LogP contribution is -2.49. The van der Waals surface area contributed by atoms with Gasteiger partial charge in [0, 0.05) is 44.1 Å². The lowest BCUT2D eigenvalue weighted by Gasteiger charge is -2.35. The first-order chi connectivity index (χ1) is 13.6. The highest BCUT2D eigenvalue weighted by atomic mass is 16.2. The van der Waals surface area contributed by atoms with Crippen molar-refractivity contribution in [1.29, 1.82) is 0 Å². The van der Waals surface area contributed by atoms with E-state index in [1.807, 2.05) is 9.80 Å². The molecule has 0 aromatic heterocycles. The van der Waals surface area contributed by atoms with Crippen molar-refractivity contribution < 1.29 is 14.4 Å². The van der Waals surface area contributed by atoms with Crippen LogP contribution in [0.5, 0.6) is 0 Å². The molecule has 4 fully saturated rings. The number of piperidine rings is 1. The minimum Gasteiger partial charge on any atom is -0.353 e. The van der Waals surface area contributed by atoms with E-state index in [4.69, 9.17) is 0 Å². The third kappa shape index (κ3) is 4.36. The molecule has 0 spiro atoms. The Morgan fingerprint density at radius 1 is 0.821 bits per heavy atom. The second kappa shape index (κ2) is 8.83. The summed E-state index contributed by atoms with van der Waals surface area (Å²) in [5.41, 5.74) is 0. The van der Waals surface area contributed by atoms with Gasteiger partial charge in [-0.15, -0.1) is 0 Å². The SMILES string of the molecule is O=C(NC1CCN(C(=O)C2CC(=O)N(C3CCCC3)C2)CC1)C1CCCCC1. The molecular weight excluding hydrogens is 354 g/mol. The zero-order chi connectivity index (χ0) is 19.5. The highest BCUT2D eigenvalue weighted by molar-refractivity contribution is 5.89. The Kier molecular flexibility index (Phi) is 6.22. The first kappa shape index (κ1) is 19.7. The molecule has 4 aliphatic rings. The standard InChI is InChI=1S/C22H35N3O3/c26-20-14-17(15-25(20)19-8-4-5-9-19)22(28)24-12-10-18(11-13-24)23-21(27)16-6-2-1-3-7-16/h16-19H,1-15H2,(H,23,27). The Morgan fingerprint density at radius 2 is 1.46 bits per heavy atom. The second-order valence-electron chi connectivity index (χ2n) is 9.33. The van der Waals surface area contributed by atoms with Gasteiger partial charge in [0.1, 0.15) is 0 Å². The number of amides is 3. The monoisotopic (exact) mass is 389 g/mol. The van der Waals surface area contributed by atoms with Crippen molar-refractivity contribution in [2.45, 2.75) is 89.1 Å². The van der Waals surface area contributed by atoms with Crippen LogP contribution in [0.1, 0.15) is 77.0 Å². The van der Waals surface area contributed by atoms with Crippen LogP contribution < -0.4 is 5.32 Å². The van der Waals surface area contributed by atoms with Crippen LogP contribution in [0, 0.1) is 11.8 Å². The van der Waals surface area contributed by atoms with Crippen LogP contribution in [0.2, 0.25) is 0 Å². The number of carbonyl (C=O) groups is 3. The number of carbonyl (C=O) groups excluding carboxylic acids is 3. The quantitative estimate of drug-likeness (QED) is 0.803. The van der Waals surface area contributed by atoms with Gasteiger partial charge < -0.3 is 15.1 Å². The maximum atomic E-state index is 12.9. The van der Waals surface area contributed by atoms with Gasteiger partial charge in [-0.1, -0.05) is 32.1 Å². The predicted molar refractivity (Wildman–Crippen MR) is 106 cm³/mol. The maximum Gasteiger partial charge on any atom is 0.227 e. The minimum atomic E-state index is -0.165. The Hall–Kier alpha value is -1.59. The summed E-state index contributed by atoms with van der Waals surface area (Å²) in [6.07, 6.45) is 12.3. The fourth-order valence-corrected chi connectivity index (χ4v) is 5.65. The fraction of sp³-hybridized carbons (Fsp3) is 0.864. The first-order valence-electron chi connectivity index (χ1n) is 11.5. The van der Waals surface area contributed by atoms with Crippen molar-refractivity contribution in [3.05, 3.63) is 0 Å². The van der Waals surface area contributed by atoms with Crippen molar-refractivity contribution in [1.82, 2.24) is 15.1 Å². The van der Waals surface area contributed by atoms with Crippen molar-refractivity contribution >= 4 is 17.7 Å². The van der Waals surface area contributed by atoms with Crippen LogP contribution in [0.15, 0.2) is 0 Å². The van der Waals surface area contributed by atoms with E-state index < -0.39 is 0 Å². The van der Waals surface area contributed by atoms with E-state index in [9.17, 15) is 14.4 Å². The van der Waals surface area contributed by atoms with Crippen LogP contribution in [0.3, 0.4) is 0 Å². The highest BCUT2D eigenvalue weighted by Crippen LogP contribution is 2.31. The van der Waals surface area contributed by atoms with E-state index in [1.54, 1.807) is 0 Å². The molecular formula is C22H35N3O3. The van der Waals surface area contributed by atoms with Crippen molar-refractivity contribution in [2.24, 2.45) is 11.8 Å². The molecule has 4 rings (SSSR count). The molecule has 2 saturated heterocycles. The van der Waals surface area contributed by atoms with Gasteiger partial charge in [0.15, 0.2) is 0 Å². The molecule has 0 aromatic rings. The average molecular weight is 390 g/mol. The summed E-state index contributed by atoms with van der Waals surface area (Å²) in [6, 6.07) is 0.560. The third-order valence-corrected chi connectivity index (χ3v) is 7.40. The molecule has 1 unspecified atom stereocenters. The van der Waals surface area contributed by atoms with Crippen LogP contribution in [-0.2, 0) is 14.4 Å². The van der Waals surface area contributed by atoms with Gasteiger partial charge in [0.2, 0.25) is 17.7 Å². The number of hydrogen-bond acceptors (Lipinski definition) is 3. The van der Waals surface area contributed by atoms with Gasteiger partial charge in [0.25, 0.3) is 0 Å². The molecule has 2 aliphatic heterocycles. The lowest BCUT2D eigenvalue weighted by atomic mass is 9.88. The van der Waals surface area contributed by atoms with E-state index in [2.05, 4.69) is 5.32 Å². The van der Waals surface area contributed by atoms with Gasteiger partial charge in [0.05, 0.1) is 5.92 Å². The van der Waals surface area contributed by atoms with Crippen LogP contribution in [0.4, 0.5) is 0 Å². The molecule has 2 saturated carbocycles. The molecule has 6 heteroatoms. The third-order valence-electron chi connectivity index (χ3n) is 7.40. The lowest BCUT2D eigenvalue weighted by molar-refractivity contribution is -0.137. The molecule has 28 heavy (non-hydrogen) atoms. The van der Waals surface area contributed by atoms with Gasteiger partial charge in [-0.25, -0.2) is 0 Å². The van der Waals surface area contributed by atoms with E-state index >= 15 is 0 Å². The Labute approximate surface area is 168 Å². The molecule has 2 heterocycles. The minimum absolute atomic E-state index is 0.144. The van der Waals surface area contributed by atoms with Crippen LogP contribution in [0.25, 0.3) is 0 Å². The molecule has 6 nitrogen and oxygen atoms in total. The Balaban J connectivity index is 1.23. The molecule has 0 radical (unpaired) electrons. The van der Waals surface area contributed by atoms with E-state index in [0.29, 0.717) is 32.1 Å². The second-order valence-corrected chi connectivity index (χ2v) is 9.33. The Morgan fingerprint density at radius 3 is 2.14 bits per heavy atom. The summed E-state index contributed by atoms with van der Waals surface area (Å²) in [5, 5.41) is 3.23. The summed E-state index contributed by atoms with van der Waals surface area (Å²) in [6.45, 7) is 2.01. The summed E-state index contributed by atoms with van der Waals surface area (Å²) in [4.78, 5) is 41.7. The first-order valence-corrected chi connectivity index (χ1v) is 11.5. The van der Waals surface area contributed by atoms with Crippen molar-refractivity contribution in [3.8, 4) is 0 Å². The van der Waals surface area contributed by atoms with Gasteiger partial charge >= 0.3 is 0 Å². The molecule has 2 aliphatic carbocycles. The zero-order valence-electron chi connectivity index (χ0n) is 17.0. The summed E-state index contributed by atoms with van der Waals surface area (Å²) >= 11 is 0. The number of nitrogens with one attached hydrogen (secondary N) is 1. The number of nitrogens with zero attached hydrogens (tertiary/aromatic N) is 2. The average Bonchev–Trinajstić information content (AvgIpc) is 3.38. The molecule has 1 N–H and O–H groups in total. The van der Waals surface area contributed by atoms with Crippen molar-refractivity contribution in [2.75, 3.05) is 19.6 Å². The predicted octanol–water partition coefficient (Wildman–Crippen LogP) is 2.46. The number of rotatable bonds is 4. The largest absolute Gasteiger partial charge is 0.353 e. The Bertz CT molecular complexity index is 588. The smallest absolute Gasteiger partial charge is 0.227 e. The molecule has 1 atom stereocenters. The normalized spacial score (nSPS) is 28.1. The van der Waals surface area contributed by atoms with E-state index in [1.165, 1.54) is 32.1 Å². The number of likely N-dealkylation sites (tertiary alicyclic amines) is 2.